The second-order valence-electron chi connectivity index (χ2n) is 21.9. The molecule has 0 aromatic heterocycles. The molecule has 1 saturated carbocycles. The molecule has 17 N–H and O–H groups in total. The van der Waals surface area contributed by atoms with Crippen LogP contribution in [0.2, 0.25) is 0 Å². The van der Waals surface area contributed by atoms with Crippen LogP contribution in [0.4, 0.5) is 0 Å². The van der Waals surface area contributed by atoms with Crippen LogP contribution in [0.15, 0.2) is 48.5 Å². The van der Waals surface area contributed by atoms with E-state index in [1.165, 1.54) is 60.3 Å². The molecule has 12 amide bonds. The van der Waals surface area contributed by atoms with E-state index in [0.717, 1.165) is 11.8 Å². The van der Waals surface area contributed by atoms with Gasteiger partial charge in [-0.1, -0.05) is 71.2 Å². The monoisotopic (exact) mass is 1280 g/mol. The SMILES string of the molecule is CSCCC1NC(=O)CNC(=O)C(C(C)C)NC(=O)[C@H](CC(N)=O)NC(=O)C(Cc2ccc(OP(=O)(O)O)cc2)NC(=O)[C@H](CC(C)C)NC(=O)CCNC(=O)CSCC(C(N)=O)NC(=O)C2(CCCCC2)NC(=O)C(Cc2ccc(O)cc2)NC1=O. The molecule has 2 aromatic carbocycles. The zero-order valence-electron chi connectivity index (χ0n) is 49.1. The van der Waals surface area contributed by atoms with Crippen molar-refractivity contribution in [2.45, 2.75) is 146 Å². The lowest BCUT2D eigenvalue weighted by Gasteiger charge is -2.38. The maximum atomic E-state index is 14.6. The Labute approximate surface area is 512 Å². The van der Waals surface area contributed by atoms with E-state index >= 15 is 0 Å². The number of thioether (sulfide) groups is 2. The molecular weight excluding hydrogens is 1200 g/mol. The number of primary amides is 2. The first-order chi connectivity index (χ1) is 41.0. The topological polar surface area (TPSA) is 464 Å². The first-order valence-corrected chi connectivity index (χ1v) is 32.3. The molecule has 0 bridgehead atoms. The number of nitrogens with one attached hydrogen (secondary N) is 10. The Morgan fingerprint density at radius 2 is 1.23 bits per heavy atom. The summed E-state index contributed by atoms with van der Waals surface area (Å²) in [7, 11) is -4.98. The van der Waals surface area contributed by atoms with Gasteiger partial charge in [-0.05, 0) is 84.9 Å². The van der Waals surface area contributed by atoms with Crippen molar-refractivity contribution < 1.29 is 81.5 Å². The lowest BCUT2D eigenvalue weighted by atomic mass is 9.80. The summed E-state index contributed by atoms with van der Waals surface area (Å²) in [6.07, 6.45) is 2.05. The van der Waals surface area contributed by atoms with Gasteiger partial charge in [0.15, 0.2) is 0 Å². The van der Waals surface area contributed by atoms with Gasteiger partial charge in [-0.3, -0.25) is 67.3 Å². The van der Waals surface area contributed by atoms with E-state index < -0.39 is 145 Å². The molecule has 2 fully saturated rings. The standard InChI is InChI=1S/C55H81N12O17PS2/c1-30(2)23-37-49(75)62-38(24-33-11-15-35(16-12-33)84-85(81,82)83)50(76)64-40(26-42(56)69)51(77)66-46(31(3)4)53(79)59-27-44(71)60-36(18-22-86-5)48(74)63-39(25-32-9-13-34(68)14-10-32)52(78)67-55(19-7-6-8-20-55)54(80)65-41(47(57)73)28-87-29-45(72)58-21-17-43(70)61-37/h9-16,30-31,36-41,46,68H,6-8,17-29H2,1-5H3,(H2,56,69)(H2,57,73)(H,58,72)(H,59,79)(H,60,71)(H,61,70)(H,62,75)(H,63,74)(H,64,76)(H,65,80)(H,66,77)(H,67,78)(H2,81,82,83)/t36?,37-,38?,39?,40-,41?,46?/m0/s1. The maximum Gasteiger partial charge on any atom is 0.524 e. The van der Waals surface area contributed by atoms with E-state index in [9.17, 15) is 77.0 Å². The summed E-state index contributed by atoms with van der Waals surface area (Å²) in [5, 5.41) is 35.9. The van der Waals surface area contributed by atoms with Crippen molar-refractivity contribution in [1.29, 1.82) is 0 Å². The Hall–Kier alpha value is -7.47. The summed E-state index contributed by atoms with van der Waals surface area (Å²) in [6, 6.07) is 0.615. The molecule has 7 atom stereocenters. The van der Waals surface area contributed by atoms with E-state index in [2.05, 4.69) is 57.7 Å². The van der Waals surface area contributed by atoms with Crippen molar-refractivity contribution >= 4 is 102 Å². The van der Waals surface area contributed by atoms with Gasteiger partial charge in [0, 0.05) is 31.6 Å². The second-order valence-corrected chi connectivity index (χ2v) is 25.1. The van der Waals surface area contributed by atoms with Crippen LogP contribution in [0.3, 0.4) is 0 Å². The largest absolute Gasteiger partial charge is 0.524 e. The molecule has 2 aromatic rings. The number of hydrogen-bond acceptors (Lipinski definition) is 17. The average Bonchev–Trinajstić information content (AvgIpc) is 3.61. The molecule has 1 aliphatic carbocycles. The minimum absolute atomic E-state index is 0.0247. The molecule has 1 saturated heterocycles. The number of benzene rings is 2. The van der Waals surface area contributed by atoms with E-state index in [0.29, 0.717) is 30.6 Å². The molecule has 32 heteroatoms. The van der Waals surface area contributed by atoms with Gasteiger partial charge < -0.3 is 74.3 Å². The van der Waals surface area contributed by atoms with Crippen LogP contribution in [0.1, 0.15) is 96.6 Å². The summed E-state index contributed by atoms with van der Waals surface area (Å²) in [5.74, 6) is -11.9. The smallest absolute Gasteiger partial charge is 0.508 e. The van der Waals surface area contributed by atoms with Crippen molar-refractivity contribution in [3.8, 4) is 11.5 Å². The van der Waals surface area contributed by atoms with Crippen LogP contribution in [-0.2, 0) is 74.9 Å². The van der Waals surface area contributed by atoms with Crippen LogP contribution >= 0.6 is 31.3 Å². The summed E-state index contributed by atoms with van der Waals surface area (Å²) in [5.41, 5.74) is 10.5. The van der Waals surface area contributed by atoms with E-state index in [4.69, 9.17) is 11.5 Å². The van der Waals surface area contributed by atoms with Gasteiger partial charge in [0.1, 0.15) is 59.3 Å². The Kier molecular flexibility index (Phi) is 28.8. The number of phosphoric acid groups is 1. The van der Waals surface area contributed by atoms with Crippen LogP contribution in [-0.4, -0.2) is 170 Å². The van der Waals surface area contributed by atoms with Gasteiger partial charge in [-0.2, -0.15) is 11.8 Å². The van der Waals surface area contributed by atoms with Crippen LogP contribution < -0.4 is 69.2 Å². The van der Waals surface area contributed by atoms with Gasteiger partial charge >= 0.3 is 7.82 Å². The molecule has 2 aliphatic rings. The minimum atomic E-state index is -4.98. The molecule has 5 unspecified atom stereocenters. The highest BCUT2D eigenvalue weighted by atomic mass is 32.2. The number of aromatic hydroxyl groups is 1. The minimum Gasteiger partial charge on any atom is -0.508 e. The number of hydrogen-bond donors (Lipinski definition) is 15. The highest BCUT2D eigenvalue weighted by Crippen LogP contribution is 2.37. The number of carbonyl (C=O) groups excluding carboxylic acids is 12. The summed E-state index contributed by atoms with van der Waals surface area (Å²) < 4.78 is 16.1. The third-order valence-corrected chi connectivity index (χ3v) is 16.0. The summed E-state index contributed by atoms with van der Waals surface area (Å²) >= 11 is 2.27. The first-order valence-electron chi connectivity index (χ1n) is 28.2. The highest BCUT2D eigenvalue weighted by molar-refractivity contribution is 8.00. The van der Waals surface area contributed by atoms with Gasteiger partial charge in [-0.15, -0.1) is 11.8 Å². The summed E-state index contributed by atoms with van der Waals surface area (Å²) in [6.45, 7) is 5.62. The number of carbonyl (C=O) groups is 12. The van der Waals surface area contributed by atoms with E-state index in [1.54, 1.807) is 34.0 Å². The average molecular weight is 1280 g/mol. The summed E-state index contributed by atoms with van der Waals surface area (Å²) in [4.78, 5) is 184. The van der Waals surface area contributed by atoms with Crippen LogP contribution in [0.25, 0.3) is 0 Å². The van der Waals surface area contributed by atoms with Crippen LogP contribution in [0.5, 0.6) is 11.5 Å². The Morgan fingerprint density at radius 3 is 1.79 bits per heavy atom. The predicted octanol–water partition coefficient (Wildman–Crippen LogP) is -1.95. The van der Waals surface area contributed by atoms with Gasteiger partial charge in [0.25, 0.3) is 0 Å². The quantitative estimate of drug-likeness (QED) is 0.0862. The van der Waals surface area contributed by atoms with Crippen molar-refractivity contribution in [1.82, 2.24) is 53.2 Å². The number of phenols is 1. The lowest BCUT2D eigenvalue weighted by Crippen LogP contribution is -2.65. The Bertz CT molecular complexity index is 2820. The highest BCUT2D eigenvalue weighted by Gasteiger charge is 2.44. The molecule has 1 aliphatic heterocycles. The third kappa shape index (κ3) is 25.0. The van der Waals surface area contributed by atoms with Gasteiger partial charge in [-0.25, -0.2) is 4.57 Å². The molecule has 0 radical (unpaired) electrons. The first kappa shape index (κ1) is 72.0. The van der Waals surface area contributed by atoms with E-state index in [1.807, 2.05) is 0 Å². The molecule has 480 valence electrons. The van der Waals surface area contributed by atoms with Crippen molar-refractivity contribution in [2.75, 3.05) is 36.6 Å². The number of nitrogens with two attached hydrogens (primary N) is 2. The van der Waals surface area contributed by atoms with Crippen molar-refractivity contribution in [2.24, 2.45) is 23.3 Å². The molecule has 1 spiro atoms. The number of phosphoric ester groups is 1. The predicted molar refractivity (Wildman–Crippen MR) is 320 cm³/mol. The zero-order valence-corrected chi connectivity index (χ0v) is 51.6. The van der Waals surface area contributed by atoms with Crippen LogP contribution in [0, 0.1) is 11.8 Å². The Morgan fingerprint density at radius 1 is 0.678 bits per heavy atom. The fraction of sp³-hybridized carbons (Fsp3) is 0.564. The second kappa shape index (κ2) is 34.8. The fourth-order valence-electron chi connectivity index (χ4n) is 9.37. The van der Waals surface area contributed by atoms with Crippen molar-refractivity contribution in [3.05, 3.63) is 59.7 Å². The Balaban J connectivity index is 1.73. The molecular formula is C55H81N12O17PS2. The zero-order chi connectivity index (χ0) is 64.6. The molecule has 1 heterocycles. The fourth-order valence-corrected chi connectivity index (χ4v) is 11.1. The number of amides is 12. The molecule has 87 heavy (non-hydrogen) atoms. The van der Waals surface area contributed by atoms with Crippen molar-refractivity contribution in [3.63, 3.8) is 0 Å². The normalized spacial score (nSPS) is 23.6. The van der Waals surface area contributed by atoms with Gasteiger partial charge in [0.2, 0.25) is 70.9 Å². The maximum absolute atomic E-state index is 14.6. The molecule has 4 rings (SSSR count). The van der Waals surface area contributed by atoms with E-state index in [-0.39, 0.29) is 86.0 Å². The number of phenolic OH excluding ortho intramolecular Hbond substituents is 1. The number of rotatable bonds is 15. The van der Waals surface area contributed by atoms with Gasteiger partial charge in [0.05, 0.1) is 18.7 Å². The lowest BCUT2D eigenvalue weighted by molar-refractivity contribution is -0.138. The molecule has 29 nitrogen and oxygen atoms in total. The third-order valence-electron chi connectivity index (χ3n) is 13.9.